The molecule has 0 saturated carbocycles. The Labute approximate surface area is 72.0 Å². The van der Waals surface area contributed by atoms with Crippen molar-refractivity contribution < 1.29 is 0 Å². The van der Waals surface area contributed by atoms with Crippen LogP contribution in [0.5, 0.6) is 0 Å². The number of hydrogen-bond acceptors (Lipinski definition) is 2. The summed E-state index contributed by atoms with van der Waals surface area (Å²) in [7, 11) is 0. The van der Waals surface area contributed by atoms with Crippen molar-refractivity contribution in [1.29, 1.82) is 5.26 Å². The van der Waals surface area contributed by atoms with Gasteiger partial charge in [-0.05, 0) is 11.1 Å². The standard InChI is InChI=1S/C10H10N2/c11-5-6-12-7-9-3-1-2-4-10(9)8-12/h1-4H,6-8H2. The zero-order valence-electron chi connectivity index (χ0n) is 6.83. The van der Waals surface area contributed by atoms with Gasteiger partial charge in [0.2, 0.25) is 0 Å². The smallest absolute Gasteiger partial charge is 0.0871 e. The third-order valence-corrected chi connectivity index (χ3v) is 2.20. The number of rotatable bonds is 1. The first-order chi connectivity index (χ1) is 5.90. The van der Waals surface area contributed by atoms with E-state index < -0.39 is 0 Å². The maximum Gasteiger partial charge on any atom is 0.0871 e. The van der Waals surface area contributed by atoms with Crippen molar-refractivity contribution in [2.75, 3.05) is 6.54 Å². The van der Waals surface area contributed by atoms with Crippen LogP contribution < -0.4 is 0 Å². The van der Waals surface area contributed by atoms with Gasteiger partial charge >= 0.3 is 0 Å². The Morgan fingerprint density at radius 2 is 1.83 bits per heavy atom. The molecule has 2 heteroatoms. The van der Waals surface area contributed by atoms with E-state index in [4.69, 9.17) is 5.26 Å². The molecule has 0 aliphatic carbocycles. The third-order valence-electron chi connectivity index (χ3n) is 2.20. The highest BCUT2D eigenvalue weighted by Gasteiger charge is 2.16. The fraction of sp³-hybridized carbons (Fsp3) is 0.300. The second-order valence-electron chi connectivity index (χ2n) is 3.07. The highest BCUT2D eigenvalue weighted by Crippen LogP contribution is 2.21. The molecular formula is C10H10N2. The van der Waals surface area contributed by atoms with Crippen LogP contribution in [0, 0.1) is 11.3 Å². The lowest BCUT2D eigenvalue weighted by Gasteiger charge is -2.07. The van der Waals surface area contributed by atoms with Crippen LogP contribution in [-0.2, 0) is 13.1 Å². The molecule has 0 aromatic heterocycles. The summed E-state index contributed by atoms with van der Waals surface area (Å²) in [5, 5.41) is 8.51. The molecule has 0 bridgehead atoms. The van der Waals surface area contributed by atoms with E-state index in [1.165, 1.54) is 11.1 Å². The van der Waals surface area contributed by atoms with Gasteiger partial charge in [0.15, 0.2) is 0 Å². The number of hydrogen-bond donors (Lipinski definition) is 0. The van der Waals surface area contributed by atoms with Crippen molar-refractivity contribution in [3.05, 3.63) is 35.4 Å². The summed E-state index contributed by atoms with van der Waals surface area (Å²) in [6.45, 7) is 2.40. The van der Waals surface area contributed by atoms with Crippen LogP contribution >= 0.6 is 0 Å². The van der Waals surface area contributed by atoms with Crippen molar-refractivity contribution in [2.45, 2.75) is 13.1 Å². The second kappa shape index (κ2) is 2.96. The molecule has 0 fully saturated rings. The molecule has 0 unspecified atom stereocenters. The predicted octanol–water partition coefficient (Wildman–Crippen LogP) is 1.53. The number of nitrogens with zero attached hydrogens (tertiary/aromatic N) is 2. The monoisotopic (exact) mass is 158 g/mol. The molecule has 1 aliphatic rings. The normalized spacial score (nSPS) is 15.6. The van der Waals surface area contributed by atoms with Crippen molar-refractivity contribution >= 4 is 0 Å². The summed E-state index contributed by atoms with van der Waals surface area (Å²) < 4.78 is 0. The maximum atomic E-state index is 8.51. The Hall–Kier alpha value is -1.33. The molecule has 0 atom stereocenters. The van der Waals surface area contributed by atoms with Gasteiger partial charge in [-0.1, -0.05) is 24.3 Å². The van der Waals surface area contributed by atoms with Crippen LogP contribution in [-0.4, -0.2) is 11.4 Å². The minimum Gasteiger partial charge on any atom is -0.282 e. The molecule has 2 rings (SSSR count). The first-order valence-corrected chi connectivity index (χ1v) is 4.06. The first-order valence-electron chi connectivity index (χ1n) is 4.06. The van der Waals surface area contributed by atoms with Gasteiger partial charge in [0.1, 0.15) is 0 Å². The number of fused-ring (bicyclic) bond motifs is 1. The summed E-state index contributed by atoms with van der Waals surface area (Å²) in [5.74, 6) is 0. The van der Waals surface area contributed by atoms with E-state index >= 15 is 0 Å². The third kappa shape index (κ3) is 1.19. The van der Waals surface area contributed by atoms with E-state index in [9.17, 15) is 0 Å². The van der Waals surface area contributed by atoms with Crippen LogP contribution in [0.2, 0.25) is 0 Å². The van der Waals surface area contributed by atoms with Crippen molar-refractivity contribution in [2.24, 2.45) is 0 Å². The van der Waals surface area contributed by atoms with Gasteiger partial charge < -0.3 is 0 Å². The van der Waals surface area contributed by atoms with Gasteiger partial charge in [-0.2, -0.15) is 5.26 Å². The first kappa shape index (κ1) is 7.33. The van der Waals surface area contributed by atoms with E-state index in [0.717, 1.165) is 13.1 Å². The van der Waals surface area contributed by atoms with Crippen LogP contribution in [0.3, 0.4) is 0 Å². The molecule has 0 spiro atoms. The fourth-order valence-electron chi connectivity index (χ4n) is 1.62. The molecule has 60 valence electrons. The zero-order chi connectivity index (χ0) is 8.39. The van der Waals surface area contributed by atoms with E-state index in [1.807, 2.05) is 0 Å². The minimum atomic E-state index is 0.536. The molecule has 1 aromatic carbocycles. The summed E-state index contributed by atoms with van der Waals surface area (Å²) in [6, 6.07) is 10.5. The van der Waals surface area contributed by atoms with Gasteiger partial charge in [-0.25, -0.2) is 0 Å². The van der Waals surface area contributed by atoms with E-state index in [-0.39, 0.29) is 0 Å². The van der Waals surface area contributed by atoms with Crippen LogP contribution in [0.4, 0.5) is 0 Å². The van der Waals surface area contributed by atoms with Crippen LogP contribution in [0.1, 0.15) is 11.1 Å². The number of nitriles is 1. The van der Waals surface area contributed by atoms with Crippen LogP contribution in [0.15, 0.2) is 24.3 Å². The van der Waals surface area contributed by atoms with Gasteiger partial charge in [-0.3, -0.25) is 4.90 Å². The predicted molar refractivity (Wildman–Crippen MR) is 46.2 cm³/mol. The molecule has 1 aromatic rings. The Balaban J connectivity index is 2.18. The average Bonchev–Trinajstić information content (AvgIpc) is 2.47. The van der Waals surface area contributed by atoms with Gasteiger partial charge in [-0.15, -0.1) is 0 Å². The Morgan fingerprint density at radius 3 is 2.33 bits per heavy atom. The summed E-state index contributed by atoms with van der Waals surface area (Å²) in [6.07, 6.45) is 0. The summed E-state index contributed by atoms with van der Waals surface area (Å²) >= 11 is 0. The molecule has 1 heterocycles. The molecule has 2 nitrogen and oxygen atoms in total. The van der Waals surface area contributed by atoms with E-state index in [1.54, 1.807) is 0 Å². The van der Waals surface area contributed by atoms with Crippen molar-refractivity contribution in [1.82, 2.24) is 4.90 Å². The quantitative estimate of drug-likeness (QED) is 0.579. The van der Waals surface area contributed by atoms with Crippen molar-refractivity contribution in [3.8, 4) is 6.07 Å². The van der Waals surface area contributed by atoms with Gasteiger partial charge in [0.05, 0.1) is 12.6 Å². The Bertz CT molecular complexity index is 300. The highest BCUT2D eigenvalue weighted by molar-refractivity contribution is 5.30. The zero-order valence-corrected chi connectivity index (χ0v) is 6.83. The molecule has 1 aliphatic heterocycles. The van der Waals surface area contributed by atoms with E-state index in [0.29, 0.717) is 6.54 Å². The molecule has 0 amide bonds. The van der Waals surface area contributed by atoms with Gasteiger partial charge in [0.25, 0.3) is 0 Å². The molecular weight excluding hydrogens is 148 g/mol. The largest absolute Gasteiger partial charge is 0.282 e. The maximum absolute atomic E-state index is 8.51. The average molecular weight is 158 g/mol. The molecule has 0 saturated heterocycles. The van der Waals surface area contributed by atoms with Gasteiger partial charge in [0, 0.05) is 13.1 Å². The van der Waals surface area contributed by atoms with E-state index in [2.05, 4.69) is 35.2 Å². The SMILES string of the molecule is N#CCN1Cc2ccccc2C1. The minimum absolute atomic E-state index is 0.536. The fourth-order valence-corrected chi connectivity index (χ4v) is 1.62. The Morgan fingerprint density at radius 1 is 1.25 bits per heavy atom. The number of benzene rings is 1. The lowest BCUT2D eigenvalue weighted by Crippen LogP contribution is -2.15. The topological polar surface area (TPSA) is 27.0 Å². The lowest BCUT2D eigenvalue weighted by molar-refractivity contribution is 0.320. The molecule has 0 radical (unpaired) electrons. The molecule has 12 heavy (non-hydrogen) atoms. The second-order valence-corrected chi connectivity index (χ2v) is 3.07. The van der Waals surface area contributed by atoms with Crippen LogP contribution in [0.25, 0.3) is 0 Å². The summed E-state index contributed by atoms with van der Waals surface area (Å²) in [4.78, 5) is 2.14. The summed E-state index contributed by atoms with van der Waals surface area (Å²) in [5.41, 5.74) is 2.74. The Kier molecular flexibility index (Phi) is 1.81. The van der Waals surface area contributed by atoms with Crippen molar-refractivity contribution in [3.63, 3.8) is 0 Å². The molecule has 0 N–H and O–H groups in total. The highest BCUT2D eigenvalue weighted by atomic mass is 15.1. The lowest BCUT2D eigenvalue weighted by atomic mass is 10.1.